The van der Waals surface area contributed by atoms with Gasteiger partial charge in [0.05, 0.1) is 23.6 Å². The van der Waals surface area contributed by atoms with Crippen molar-refractivity contribution in [3.05, 3.63) is 78.0 Å². The molecule has 0 bridgehead atoms. The van der Waals surface area contributed by atoms with Crippen LogP contribution in [-0.2, 0) is 10.0 Å². The van der Waals surface area contributed by atoms with Crippen molar-refractivity contribution in [2.24, 2.45) is 0 Å². The van der Waals surface area contributed by atoms with Crippen molar-refractivity contribution in [1.82, 2.24) is 19.3 Å². The van der Waals surface area contributed by atoms with E-state index < -0.39 is 16.1 Å². The Labute approximate surface area is 203 Å². The Balaban J connectivity index is 1.29. The molecule has 0 radical (unpaired) electrons. The Bertz CT molecular complexity index is 1510. The number of aliphatic hydroxyl groups is 1. The molecular weight excluding hydrogens is 464 g/mol. The van der Waals surface area contributed by atoms with Crippen LogP contribution in [-0.4, -0.2) is 58.0 Å². The van der Waals surface area contributed by atoms with Crippen molar-refractivity contribution in [2.45, 2.75) is 30.4 Å². The van der Waals surface area contributed by atoms with E-state index in [0.29, 0.717) is 17.9 Å². The fourth-order valence-electron chi connectivity index (χ4n) is 4.40. The molecule has 0 saturated carbocycles. The smallest absolute Gasteiger partial charge is 0.243 e. The van der Waals surface area contributed by atoms with Crippen LogP contribution >= 0.6 is 0 Å². The number of pyridine rings is 2. The third-order valence-corrected chi connectivity index (χ3v) is 8.29. The molecule has 1 aliphatic heterocycles. The van der Waals surface area contributed by atoms with Gasteiger partial charge in [-0.2, -0.15) is 4.31 Å². The molecule has 0 spiro atoms. The highest BCUT2D eigenvalue weighted by atomic mass is 32.2. The van der Waals surface area contributed by atoms with Crippen molar-refractivity contribution < 1.29 is 13.5 Å². The number of aromatic nitrogens is 3. The quantitative estimate of drug-likeness (QED) is 0.369. The van der Waals surface area contributed by atoms with Crippen LogP contribution < -0.4 is 5.32 Å². The number of anilines is 1. The Hall–Kier alpha value is -3.78. The number of hydrogen-bond donors (Lipinski definition) is 3. The number of piperidine rings is 1. The van der Waals surface area contributed by atoms with Gasteiger partial charge in [0.25, 0.3) is 0 Å². The molecule has 5 rings (SSSR count). The van der Waals surface area contributed by atoms with Crippen molar-refractivity contribution in [2.75, 3.05) is 18.4 Å². The highest BCUT2D eigenvalue weighted by Crippen LogP contribution is 2.30. The molecule has 178 valence electrons. The predicted molar refractivity (Wildman–Crippen MR) is 134 cm³/mol. The van der Waals surface area contributed by atoms with E-state index in [0.717, 1.165) is 27.7 Å². The van der Waals surface area contributed by atoms with E-state index in [1.165, 1.54) is 10.5 Å². The summed E-state index contributed by atoms with van der Waals surface area (Å²) in [5.41, 5.74) is 4.15. The number of benzene rings is 1. The van der Waals surface area contributed by atoms with Crippen LogP contribution in [0.4, 0.5) is 11.5 Å². The molecule has 4 aromatic rings. The van der Waals surface area contributed by atoms with Gasteiger partial charge >= 0.3 is 0 Å². The lowest BCUT2D eigenvalue weighted by atomic mass is 10.0. The van der Waals surface area contributed by atoms with Gasteiger partial charge in [0.15, 0.2) is 0 Å². The summed E-state index contributed by atoms with van der Waals surface area (Å²) in [4.78, 5) is 15.2. The zero-order valence-corrected chi connectivity index (χ0v) is 19.8. The van der Waals surface area contributed by atoms with Crippen LogP contribution in [0.3, 0.4) is 0 Å². The van der Waals surface area contributed by atoms with E-state index in [2.05, 4.69) is 25.1 Å². The summed E-state index contributed by atoms with van der Waals surface area (Å²) < 4.78 is 27.8. The van der Waals surface area contributed by atoms with Gasteiger partial charge in [0, 0.05) is 42.6 Å². The number of sulfonamides is 1. The normalized spacial score (nSPS) is 18.9. The maximum atomic E-state index is 13.3. The molecule has 10 heteroatoms. The maximum absolute atomic E-state index is 13.3. The van der Waals surface area contributed by atoms with Gasteiger partial charge in [-0.25, -0.2) is 18.2 Å². The van der Waals surface area contributed by atoms with Crippen LogP contribution in [0.2, 0.25) is 0 Å². The van der Waals surface area contributed by atoms with Gasteiger partial charge in [-0.1, -0.05) is 18.2 Å². The maximum Gasteiger partial charge on any atom is 0.243 e. The van der Waals surface area contributed by atoms with Crippen molar-refractivity contribution in [1.29, 1.82) is 0 Å². The molecule has 9 nitrogen and oxygen atoms in total. The molecule has 0 aliphatic carbocycles. The lowest BCUT2D eigenvalue weighted by molar-refractivity contribution is 0.0949. The first kappa shape index (κ1) is 23.0. The van der Waals surface area contributed by atoms with E-state index in [-0.39, 0.29) is 24.0 Å². The van der Waals surface area contributed by atoms with Crippen LogP contribution in [0.15, 0.2) is 66.0 Å². The second-order valence-corrected chi connectivity index (χ2v) is 10.5. The summed E-state index contributed by atoms with van der Waals surface area (Å²) in [6, 6.07) is 11.7. The summed E-state index contributed by atoms with van der Waals surface area (Å²) in [5, 5.41) is 14.8. The highest BCUT2D eigenvalue weighted by Gasteiger charge is 2.35. The highest BCUT2D eigenvalue weighted by molar-refractivity contribution is 7.89. The number of rotatable bonds is 5. The summed E-state index contributed by atoms with van der Waals surface area (Å²) in [5.74, 6) is 0.538. The zero-order valence-electron chi connectivity index (χ0n) is 19.0. The third kappa shape index (κ3) is 4.37. The van der Waals surface area contributed by atoms with Gasteiger partial charge in [-0.3, -0.25) is 4.98 Å². The van der Waals surface area contributed by atoms with Gasteiger partial charge in [0.1, 0.15) is 11.5 Å². The predicted octanol–water partition coefficient (Wildman–Crippen LogP) is 3.72. The number of H-pyrrole nitrogens is 1. The van der Waals surface area contributed by atoms with E-state index in [4.69, 9.17) is 6.57 Å². The van der Waals surface area contributed by atoms with Crippen molar-refractivity contribution >= 4 is 32.6 Å². The monoisotopic (exact) mass is 488 g/mol. The molecule has 1 aromatic carbocycles. The average Bonchev–Trinajstić information content (AvgIpc) is 3.36. The van der Waals surface area contributed by atoms with Crippen LogP contribution in [0, 0.1) is 13.5 Å². The molecular formula is C25H24N6O3S. The third-order valence-electron chi connectivity index (χ3n) is 6.41. The molecule has 4 heterocycles. The minimum atomic E-state index is -3.76. The second kappa shape index (κ2) is 9.11. The minimum Gasteiger partial charge on any atom is -0.390 e. The fraction of sp³-hybridized carbons (Fsp3) is 0.240. The van der Waals surface area contributed by atoms with E-state index in [9.17, 15) is 13.5 Å². The number of fused-ring (bicyclic) bond motifs is 1. The molecule has 0 amide bonds. The molecule has 1 fully saturated rings. The minimum absolute atomic E-state index is 0.0188. The number of aromatic amines is 1. The fourth-order valence-corrected chi connectivity index (χ4v) is 5.88. The number of aryl methyl sites for hydroxylation is 1. The standard InChI is InChI=1S/C25H24N6O3S/c1-16-20-9-11-27-25(20)29-14-21(16)17-3-6-19(7-4-17)35(33,34)31-12-10-22(23(32)15-31)30-24-8-5-18(26-2)13-28-24/h3-9,11,13-14,22-23,32H,10,12,15H2,1H3,(H,27,29)(H,28,30)/t22-,23+/m1/s1. The molecule has 3 aromatic heterocycles. The molecule has 3 N–H and O–H groups in total. The van der Waals surface area contributed by atoms with Crippen molar-refractivity contribution in [3.63, 3.8) is 0 Å². The van der Waals surface area contributed by atoms with E-state index >= 15 is 0 Å². The number of nitrogens with zero attached hydrogens (tertiary/aromatic N) is 4. The Kier molecular flexibility index (Phi) is 5.98. The molecule has 35 heavy (non-hydrogen) atoms. The lowest BCUT2D eigenvalue weighted by Crippen LogP contribution is -2.51. The molecule has 2 atom stereocenters. The Morgan fingerprint density at radius 3 is 2.63 bits per heavy atom. The van der Waals surface area contributed by atoms with Crippen LogP contribution in [0.5, 0.6) is 0 Å². The SMILES string of the molecule is [C-]#[N+]c1ccc(N[C@@H]2CCN(S(=O)(=O)c3ccc(-c4cnc5[nH]ccc5c4C)cc3)C[C@@H]2O)nc1. The molecule has 1 saturated heterocycles. The summed E-state index contributed by atoms with van der Waals surface area (Å²) in [7, 11) is -3.76. The average molecular weight is 489 g/mol. The molecule has 1 aliphatic rings. The van der Waals surface area contributed by atoms with E-state index in [1.807, 2.05) is 19.2 Å². The zero-order chi connectivity index (χ0) is 24.6. The summed E-state index contributed by atoms with van der Waals surface area (Å²) >= 11 is 0. The lowest BCUT2D eigenvalue weighted by Gasteiger charge is -2.35. The first-order chi connectivity index (χ1) is 16.9. The van der Waals surface area contributed by atoms with Gasteiger partial charge < -0.3 is 15.4 Å². The van der Waals surface area contributed by atoms with Crippen LogP contribution in [0.25, 0.3) is 27.0 Å². The van der Waals surface area contributed by atoms with Crippen molar-refractivity contribution in [3.8, 4) is 11.1 Å². The van der Waals surface area contributed by atoms with Gasteiger partial charge in [-0.05, 0) is 48.7 Å². The Morgan fingerprint density at radius 1 is 1.14 bits per heavy atom. The number of aliphatic hydroxyl groups excluding tert-OH is 1. The van der Waals surface area contributed by atoms with Gasteiger partial charge in [0.2, 0.25) is 15.7 Å². The van der Waals surface area contributed by atoms with Gasteiger partial charge in [-0.15, -0.1) is 0 Å². The first-order valence-corrected chi connectivity index (χ1v) is 12.6. The second-order valence-electron chi connectivity index (χ2n) is 8.54. The summed E-state index contributed by atoms with van der Waals surface area (Å²) in [6.45, 7) is 9.27. The first-order valence-electron chi connectivity index (χ1n) is 11.2. The molecule has 0 unspecified atom stereocenters. The largest absolute Gasteiger partial charge is 0.390 e. The van der Waals surface area contributed by atoms with E-state index in [1.54, 1.807) is 42.6 Å². The number of β-amino-alcohol motifs (C(OH)–C–C–N with tert-alkyl or cyclic N) is 1. The topological polar surface area (TPSA) is 116 Å². The Morgan fingerprint density at radius 2 is 1.94 bits per heavy atom. The number of hydrogen-bond acceptors (Lipinski definition) is 6. The van der Waals surface area contributed by atoms with Crippen LogP contribution in [0.1, 0.15) is 12.0 Å². The number of nitrogens with one attached hydrogen (secondary N) is 2. The summed E-state index contributed by atoms with van der Waals surface area (Å²) in [6.07, 6.45) is 4.61.